The molecule has 0 saturated heterocycles. The Bertz CT molecular complexity index is 1040. The van der Waals surface area contributed by atoms with E-state index in [0.717, 1.165) is 52.4 Å². The number of fused-ring (bicyclic) bond motifs is 1. The summed E-state index contributed by atoms with van der Waals surface area (Å²) in [5, 5.41) is 0. The molecule has 7 heteroatoms. The van der Waals surface area contributed by atoms with Gasteiger partial charge in [0.15, 0.2) is 17.2 Å². The predicted molar refractivity (Wildman–Crippen MR) is 110 cm³/mol. The first-order valence-electron chi connectivity index (χ1n) is 9.18. The highest BCUT2D eigenvalue weighted by Crippen LogP contribution is 2.40. The molecule has 1 fully saturated rings. The lowest BCUT2D eigenvalue weighted by Gasteiger charge is -2.21. The molecule has 1 saturated carbocycles. The normalized spacial score (nSPS) is 14.3. The Hall–Kier alpha value is -2.41. The second kappa shape index (κ2) is 7.31. The second-order valence-corrected chi connectivity index (χ2v) is 7.87. The third-order valence-corrected chi connectivity index (χ3v) is 5.65. The van der Waals surface area contributed by atoms with Crippen molar-refractivity contribution in [1.82, 2.24) is 9.55 Å². The number of ether oxygens (including phenoxy) is 1. The number of aryl methyl sites for hydroxylation is 1. The molecule has 6 nitrogen and oxygen atoms in total. The van der Waals surface area contributed by atoms with Crippen LogP contribution in [0.15, 0.2) is 33.6 Å². The van der Waals surface area contributed by atoms with E-state index in [2.05, 4.69) is 11.6 Å². The third kappa shape index (κ3) is 3.32. The molecular weight excluding hydrogens is 362 g/mol. The highest BCUT2D eigenvalue weighted by molar-refractivity contribution is 8.00. The maximum Gasteiger partial charge on any atom is 0.292 e. The van der Waals surface area contributed by atoms with Crippen LogP contribution < -0.4 is 15.0 Å². The number of oxazole rings is 1. The number of nitrogens with zero attached hydrogens (tertiary/aromatic N) is 2. The van der Waals surface area contributed by atoms with Crippen molar-refractivity contribution < 1.29 is 9.15 Å². The Morgan fingerprint density at radius 1 is 1.37 bits per heavy atom. The van der Waals surface area contributed by atoms with Crippen molar-refractivity contribution in [3.63, 3.8) is 0 Å². The van der Waals surface area contributed by atoms with Crippen LogP contribution in [0, 0.1) is 0 Å². The summed E-state index contributed by atoms with van der Waals surface area (Å²) in [6, 6.07) is 5.83. The Labute approximate surface area is 162 Å². The number of hydrogen-bond donors (Lipinski definition) is 1. The Balaban J connectivity index is 1.90. The number of benzene rings is 1. The Morgan fingerprint density at radius 3 is 2.85 bits per heavy atom. The fourth-order valence-electron chi connectivity index (χ4n) is 3.28. The third-order valence-electron chi connectivity index (χ3n) is 4.98. The molecule has 0 aliphatic heterocycles. The second-order valence-electron chi connectivity index (χ2n) is 6.80. The summed E-state index contributed by atoms with van der Waals surface area (Å²) in [7, 11) is 3.23. The van der Waals surface area contributed by atoms with Crippen LogP contribution in [0.3, 0.4) is 0 Å². The average Bonchev–Trinajstić information content (AvgIpc) is 3.03. The van der Waals surface area contributed by atoms with Crippen LogP contribution in [0.25, 0.3) is 22.2 Å². The fraction of sp³-hybridized carbons (Fsp3) is 0.400. The quantitative estimate of drug-likeness (QED) is 0.628. The van der Waals surface area contributed by atoms with E-state index in [1.807, 2.05) is 18.3 Å². The molecule has 142 valence electrons. The topological polar surface area (TPSA) is 69.3 Å². The van der Waals surface area contributed by atoms with Crippen LogP contribution in [-0.2, 0) is 7.05 Å². The number of rotatable bonds is 6. The van der Waals surface area contributed by atoms with E-state index in [0.29, 0.717) is 11.7 Å². The van der Waals surface area contributed by atoms with Crippen molar-refractivity contribution in [2.24, 2.45) is 7.05 Å². The van der Waals surface area contributed by atoms with Gasteiger partial charge in [-0.25, -0.2) is 4.98 Å². The summed E-state index contributed by atoms with van der Waals surface area (Å²) >= 11 is 1.63. The minimum atomic E-state index is -0.166. The maximum atomic E-state index is 12.2. The summed E-state index contributed by atoms with van der Waals surface area (Å²) in [6.07, 6.45) is 5.30. The first kappa shape index (κ1) is 18.0. The molecule has 2 heterocycles. The zero-order valence-electron chi connectivity index (χ0n) is 15.7. The van der Waals surface area contributed by atoms with Gasteiger partial charge in [-0.3, -0.25) is 4.79 Å². The highest BCUT2D eigenvalue weighted by atomic mass is 32.2. The fourth-order valence-corrected chi connectivity index (χ4v) is 3.71. The smallest absolute Gasteiger partial charge is 0.292 e. The lowest BCUT2D eigenvalue weighted by atomic mass is 9.85. The monoisotopic (exact) mass is 385 g/mol. The van der Waals surface area contributed by atoms with E-state index >= 15 is 0 Å². The molecule has 0 amide bonds. The first-order valence-corrected chi connectivity index (χ1v) is 10.2. The molecule has 0 spiro atoms. The first-order chi connectivity index (χ1) is 13.1. The van der Waals surface area contributed by atoms with E-state index in [-0.39, 0.29) is 5.56 Å². The zero-order chi connectivity index (χ0) is 19.0. The molecule has 0 bridgehead atoms. The van der Waals surface area contributed by atoms with Crippen LogP contribution in [0.2, 0.25) is 0 Å². The van der Waals surface area contributed by atoms with Gasteiger partial charge < -0.3 is 18.4 Å². The summed E-state index contributed by atoms with van der Waals surface area (Å²) in [5.41, 5.74) is 4.15. The Kier molecular flexibility index (Phi) is 4.86. The van der Waals surface area contributed by atoms with E-state index in [1.165, 1.54) is 18.1 Å². The van der Waals surface area contributed by atoms with Gasteiger partial charge in [0.1, 0.15) is 5.52 Å². The predicted octanol–water partition coefficient (Wildman–Crippen LogP) is 4.55. The average molecular weight is 385 g/mol. The molecule has 1 aromatic carbocycles. The molecular formula is C20H23N3O3S. The van der Waals surface area contributed by atoms with E-state index in [9.17, 15) is 4.79 Å². The molecule has 1 aliphatic carbocycles. The van der Waals surface area contributed by atoms with Gasteiger partial charge in [-0.2, -0.15) is 0 Å². The molecule has 0 radical (unpaired) electrons. The SMILES string of the molecule is CCSNc1cc(-c2cc(OC)c(=O)n(C)c2)c2oc(C3CCC3)nc2c1. The van der Waals surface area contributed by atoms with Crippen LogP contribution in [0.1, 0.15) is 38.0 Å². The number of pyridine rings is 1. The minimum Gasteiger partial charge on any atom is -0.491 e. The lowest BCUT2D eigenvalue weighted by molar-refractivity contribution is 0.344. The van der Waals surface area contributed by atoms with Crippen LogP contribution >= 0.6 is 11.9 Å². The van der Waals surface area contributed by atoms with Crippen molar-refractivity contribution in [2.75, 3.05) is 17.6 Å². The Morgan fingerprint density at radius 2 is 2.19 bits per heavy atom. The maximum absolute atomic E-state index is 12.2. The van der Waals surface area contributed by atoms with Gasteiger partial charge in [0, 0.05) is 41.7 Å². The number of methoxy groups -OCH3 is 1. The molecule has 4 rings (SSSR count). The molecule has 0 unspecified atom stereocenters. The molecule has 0 atom stereocenters. The minimum absolute atomic E-state index is 0.166. The molecule has 2 aromatic heterocycles. The van der Waals surface area contributed by atoms with Crippen LogP contribution in [0.4, 0.5) is 5.69 Å². The highest BCUT2D eigenvalue weighted by Gasteiger charge is 2.26. The van der Waals surface area contributed by atoms with Crippen LogP contribution in [-0.4, -0.2) is 22.4 Å². The summed E-state index contributed by atoms with van der Waals surface area (Å²) in [4.78, 5) is 16.9. The lowest BCUT2D eigenvalue weighted by Crippen LogP contribution is -2.17. The number of hydrogen-bond acceptors (Lipinski definition) is 6. The summed E-state index contributed by atoms with van der Waals surface area (Å²) in [6.45, 7) is 2.10. The van der Waals surface area contributed by atoms with Crippen molar-refractivity contribution in [3.05, 3.63) is 40.6 Å². The number of anilines is 1. The van der Waals surface area contributed by atoms with Crippen molar-refractivity contribution in [1.29, 1.82) is 0 Å². The van der Waals surface area contributed by atoms with Crippen molar-refractivity contribution >= 4 is 28.7 Å². The van der Waals surface area contributed by atoms with Gasteiger partial charge in [0.05, 0.1) is 7.11 Å². The molecule has 27 heavy (non-hydrogen) atoms. The van der Waals surface area contributed by atoms with Crippen molar-refractivity contribution in [3.8, 4) is 16.9 Å². The standard InChI is InChI=1S/C20H23N3O3S/c1-4-27-22-14-9-15(13-8-17(25-3)20(24)23(2)11-13)18-16(10-14)21-19(26-18)12-6-5-7-12/h8-12,22H,4-7H2,1-3H3. The van der Waals surface area contributed by atoms with Gasteiger partial charge in [0.25, 0.3) is 5.56 Å². The largest absolute Gasteiger partial charge is 0.491 e. The summed E-state index contributed by atoms with van der Waals surface area (Å²) < 4.78 is 16.3. The molecule has 3 aromatic rings. The van der Waals surface area contributed by atoms with Gasteiger partial charge in [-0.05, 0) is 31.0 Å². The molecule has 1 N–H and O–H groups in total. The van der Waals surface area contributed by atoms with E-state index < -0.39 is 0 Å². The van der Waals surface area contributed by atoms with Gasteiger partial charge in [0.2, 0.25) is 0 Å². The van der Waals surface area contributed by atoms with Gasteiger partial charge in [-0.15, -0.1) is 0 Å². The number of nitrogens with one attached hydrogen (secondary N) is 1. The van der Waals surface area contributed by atoms with Gasteiger partial charge >= 0.3 is 0 Å². The van der Waals surface area contributed by atoms with Crippen molar-refractivity contribution in [2.45, 2.75) is 32.1 Å². The van der Waals surface area contributed by atoms with E-state index in [1.54, 1.807) is 25.1 Å². The number of aromatic nitrogens is 2. The molecule has 1 aliphatic rings. The van der Waals surface area contributed by atoms with Gasteiger partial charge in [-0.1, -0.05) is 25.3 Å². The van der Waals surface area contributed by atoms with Crippen LogP contribution in [0.5, 0.6) is 5.75 Å². The zero-order valence-corrected chi connectivity index (χ0v) is 16.6. The summed E-state index contributed by atoms with van der Waals surface area (Å²) in [5.74, 6) is 2.49. The van der Waals surface area contributed by atoms with E-state index in [4.69, 9.17) is 14.1 Å².